The zero-order chi connectivity index (χ0) is 13.9. The summed E-state index contributed by atoms with van der Waals surface area (Å²) < 4.78 is 1.06. The summed E-state index contributed by atoms with van der Waals surface area (Å²) in [4.78, 5) is 0. The van der Waals surface area contributed by atoms with E-state index in [1.54, 1.807) is 0 Å². The second-order valence-corrected chi connectivity index (χ2v) is 7.44. The zero-order valence-corrected chi connectivity index (χ0v) is 14.1. The minimum Gasteiger partial charge on any atom is -0.314 e. The van der Waals surface area contributed by atoms with E-state index in [2.05, 4.69) is 47.2 Å². The van der Waals surface area contributed by atoms with Crippen LogP contribution in [0.3, 0.4) is 0 Å². The minimum atomic E-state index is 0.392. The summed E-state index contributed by atoms with van der Waals surface area (Å²) in [6.45, 7) is 5.77. The summed E-state index contributed by atoms with van der Waals surface area (Å²) in [6.07, 6.45) is 6.15. The van der Waals surface area contributed by atoms with Crippen LogP contribution in [0.15, 0.2) is 22.7 Å². The Morgan fingerprint density at radius 3 is 2.95 bits per heavy atom. The minimum absolute atomic E-state index is 0.392. The van der Waals surface area contributed by atoms with Gasteiger partial charge in [-0.3, -0.25) is 0 Å². The van der Waals surface area contributed by atoms with Crippen molar-refractivity contribution < 1.29 is 0 Å². The van der Waals surface area contributed by atoms with Crippen LogP contribution in [0.4, 0.5) is 0 Å². The second-order valence-electron chi connectivity index (χ2n) is 6.12. The van der Waals surface area contributed by atoms with Crippen LogP contribution in [0.2, 0.25) is 5.02 Å². The van der Waals surface area contributed by atoms with E-state index in [0.717, 1.165) is 22.5 Å². The van der Waals surface area contributed by atoms with Crippen molar-refractivity contribution in [3.05, 3.63) is 33.3 Å². The van der Waals surface area contributed by atoms with Crippen LogP contribution < -0.4 is 5.32 Å². The van der Waals surface area contributed by atoms with Gasteiger partial charge in [0, 0.05) is 15.5 Å². The quantitative estimate of drug-likeness (QED) is 0.773. The molecular weight excluding hydrogens is 322 g/mol. The van der Waals surface area contributed by atoms with Crippen LogP contribution in [0.25, 0.3) is 0 Å². The highest BCUT2D eigenvalue weighted by molar-refractivity contribution is 9.10. The summed E-state index contributed by atoms with van der Waals surface area (Å²) in [5.74, 6) is 0. The molecule has 0 aromatic heterocycles. The molecule has 2 unspecified atom stereocenters. The predicted octanol–water partition coefficient (Wildman–Crippen LogP) is 5.20. The maximum absolute atomic E-state index is 6.34. The SMILES string of the molecule is CCCNC1CCC(C)(Cc2ccc(Br)cc2Cl)C1. The van der Waals surface area contributed by atoms with Gasteiger partial charge in [0.15, 0.2) is 0 Å². The van der Waals surface area contributed by atoms with Gasteiger partial charge in [0.1, 0.15) is 0 Å². The van der Waals surface area contributed by atoms with Crippen LogP contribution in [0.5, 0.6) is 0 Å². The van der Waals surface area contributed by atoms with Gasteiger partial charge in [-0.15, -0.1) is 0 Å². The third kappa shape index (κ3) is 4.21. The molecule has 0 heterocycles. The fraction of sp³-hybridized carbons (Fsp3) is 0.625. The summed E-state index contributed by atoms with van der Waals surface area (Å²) in [7, 11) is 0. The third-order valence-electron chi connectivity index (χ3n) is 4.15. The topological polar surface area (TPSA) is 12.0 Å². The van der Waals surface area contributed by atoms with Gasteiger partial charge in [-0.25, -0.2) is 0 Å². The highest BCUT2D eigenvalue weighted by Crippen LogP contribution is 2.42. The fourth-order valence-electron chi connectivity index (χ4n) is 3.13. The van der Waals surface area contributed by atoms with Crippen LogP contribution in [-0.4, -0.2) is 12.6 Å². The van der Waals surface area contributed by atoms with E-state index in [9.17, 15) is 0 Å². The van der Waals surface area contributed by atoms with Crippen LogP contribution >= 0.6 is 27.5 Å². The average molecular weight is 345 g/mol. The molecule has 0 radical (unpaired) electrons. The molecule has 0 bridgehead atoms. The molecule has 1 nitrogen and oxygen atoms in total. The highest BCUT2D eigenvalue weighted by atomic mass is 79.9. The van der Waals surface area contributed by atoms with Crippen molar-refractivity contribution in [3.63, 3.8) is 0 Å². The fourth-order valence-corrected chi connectivity index (χ4v) is 3.87. The first-order valence-electron chi connectivity index (χ1n) is 7.20. The highest BCUT2D eigenvalue weighted by Gasteiger charge is 2.35. The molecule has 19 heavy (non-hydrogen) atoms. The van der Waals surface area contributed by atoms with E-state index in [1.165, 1.54) is 31.2 Å². The molecule has 1 fully saturated rings. The van der Waals surface area contributed by atoms with Gasteiger partial charge in [-0.2, -0.15) is 0 Å². The molecule has 1 saturated carbocycles. The average Bonchev–Trinajstić information content (AvgIpc) is 2.72. The van der Waals surface area contributed by atoms with Crippen molar-refractivity contribution in [1.82, 2.24) is 5.32 Å². The number of nitrogens with one attached hydrogen (secondary N) is 1. The Labute approximate surface area is 130 Å². The van der Waals surface area contributed by atoms with Crippen molar-refractivity contribution in [2.45, 2.75) is 52.0 Å². The molecule has 1 aromatic carbocycles. The van der Waals surface area contributed by atoms with Crippen molar-refractivity contribution in [3.8, 4) is 0 Å². The molecule has 2 rings (SSSR count). The smallest absolute Gasteiger partial charge is 0.0449 e. The number of halogens is 2. The van der Waals surface area contributed by atoms with Crippen molar-refractivity contribution in [2.75, 3.05) is 6.54 Å². The van der Waals surface area contributed by atoms with E-state index in [4.69, 9.17) is 11.6 Å². The Morgan fingerprint density at radius 2 is 2.26 bits per heavy atom. The van der Waals surface area contributed by atoms with Crippen LogP contribution in [0.1, 0.15) is 45.1 Å². The first kappa shape index (κ1) is 15.3. The third-order valence-corrected chi connectivity index (χ3v) is 5.00. The lowest BCUT2D eigenvalue weighted by Gasteiger charge is -2.25. The maximum atomic E-state index is 6.34. The standard InChI is InChI=1S/C16H23BrClN/c1-3-8-19-14-6-7-16(2,11-14)10-12-4-5-13(17)9-15(12)18/h4-5,9,14,19H,3,6-8,10-11H2,1-2H3. The molecule has 0 saturated heterocycles. The molecule has 1 aliphatic rings. The molecule has 1 aliphatic carbocycles. The number of hydrogen-bond donors (Lipinski definition) is 1. The number of rotatable bonds is 5. The molecule has 0 aliphatic heterocycles. The number of benzene rings is 1. The lowest BCUT2D eigenvalue weighted by atomic mass is 9.82. The molecule has 106 valence electrons. The molecule has 1 N–H and O–H groups in total. The van der Waals surface area contributed by atoms with Gasteiger partial charge < -0.3 is 5.32 Å². The maximum Gasteiger partial charge on any atom is 0.0449 e. The van der Waals surface area contributed by atoms with Gasteiger partial charge in [0.2, 0.25) is 0 Å². The van der Waals surface area contributed by atoms with Crippen molar-refractivity contribution in [1.29, 1.82) is 0 Å². The molecule has 2 atom stereocenters. The van der Waals surface area contributed by atoms with Gasteiger partial charge in [-0.05, 0) is 61.8 Å². The lowest BCUT2D eigenvalue weighted by molar-refractivity contribution is 0.322. The first-order chi connectivity index (χ1) is 9.02. The normalized spacial score (nSPS) is 26.8. The van der Waals surface area contributed by atoms with E-state index in [0.29, 0.717) is 11.5 Å². The molecule has 0 spiro atoms. The second kappa shape index (κ2) is 6.60. The van der Waals surface area contributed by atoms with Gasteiger partial charge in [-0.1, -0.05) is 47.4 Å². The monoisotopic (exact) mass is 343 g/mol. The van der Waals surface area contributed by atoms with Crippen molar-refractivity contribution in [2.24, 2.45) is 5.41 Å². The summed E-state index contributed by atoms with van der Waals surface area (Å²) >= 11 is 9.81. The Balaban J connectivity index is 1.98. The number of hydrogen-bond acceptors (Lipinski definition) is 1. The molecule has 0 amide bonds. The van der Waals surface area contributed by atoms with Crippen LogP contribution in [-0.2, 0) is 6.42 Å². The van der Waals surface area contributed by atoms with Gasteiger partial charge in [0.25, 0.3) is 0 Å². The van der Waals surface area contributed by atoms with Crippen LogP contribution in [0, 0.1) is 5.41 Å². The lowest BCUT2D eigenvalue weighted by Crippen LogP contribution is -2.29. The molecule has 3 heteroatoms. The molecular formula is C16H23BrClN. The largest absolute Gasteiger partial charge is 0.314 e. The van der Waals surface area contributed by atoms with Gasteiger partial charge >= 0.3 is 0 Å². The van der Waals surface area contributed by atoms with Gasteiger partial charge in [0.05, 0.1) is 0 Å². The van der Waals surface area contributed by atoms with E-state index in [-0.39, 0.29) is 0 Å². The summed E-state index contributed by atoms with van der Waals surface area (Å²) in [5.41, 5.74) is 1.67. The Bertz CT molecular complexity index is 435. The Morgan fingerprint density at radius 1 is 1.47 bits per heavy atom. The summed E-state index contributed by atoms with van der Waals surface area (Å²) in [5, 5.41) is 4.54. The van der Waals surface area contributed by atoms with E-state index < -0.39 is 0 Å². The molecule has 1 aromatic rings. The Hall–Kier alpha value is -0.0500. The predicted molar refractivity (Wildman–Crippen MR) is 86.9 cm³/mol. The van der Waals surface area contributed by atoms with E-state index >= 15 is 0 Å². The van der Waals surface area contributed by atoms with Crippen molar-refractivity contribution >= 4 is 27.5 Å². The first-order valence-corrected chi connectivity index (χ1v) is 8.37. The summed E-state index contributed by atoms with van der Waals surface area (Å²) in [6, 6.07) is 6.94. The zero-order valence-electron chi connectivity index (χ0n) is 11.8. The van der Waals surface area contributed by atoms with E-state index in [1.807, 2.05) is 6.07 Å². The Kier molecular flexibility index (Phi) is 5.33.